The fraction of sp³-hybridized carbons (Fsp3) is 0.471. The largest absolute Gasteiger partial charge is 0.492 e. The minimum Gasteiger partial charge on any atom is -0.492 e. The minimum absolute atomic E-state index is 0.0185. The molecule has 1 aromatic carbocycles. The molecule has 2 aliphatic rings. The molecule has 128 valence electrons. The van der Waals surface area contributed by atoms with Gasteiger partial charge in [0.2, 0.25) is 0 Å². The normalized spacial score (nSPS) is 29.0. The van der Waals surface area contributed by atoms with Crippen molar-refractivity contribution in [3.05, 3.63) is 35.6 Å². The zero-order valence-electron chi connectivity index (χ0n) is 13.3. The van der Waals surface area contributed by atoms with Crippen molar-refractivity contribution in [1.82, 2.24) is 9.55 Å². The topological polar surface area (TPSA) is 65.7 Å². The Hall–Kier alpha value is -1.60. The van der Waals surface area contributed by atoms with Gasteiger partial charge in [-0.3, -0.25) is 0 Å². The number of hydrogen-bond acceptors (Lipinski definition) is 5. The molecule has 7 heteroatoms. The van der Waals surface area contributed by atoms with E-state index in [0.29, 0.717) is 30.6 Å². The molecule has 0 unspecified atom stereocenters. The molecule has 6 nitrogen and oxygen atoms in total. The summed E-state index contributed by atoms with van der Waals surface area (Å²) in [5, 5.41) is 10.5. The van der Waals surface area contributed by atoms with Crippen LogP contribution in [0.4, 0.5) is 0 Å². The number of aliphatic hydroxyl groups excluding tert-OH is 1. The Kier molecular flexibility index (Phi) is 4.22. The van der Waals surface area contributed by atoms with Gasteiger partial charge in [-0.25, -0.2) is 4.98 Å². The molecule has 2 aliphatic heterocycles. The highest BCUT2D eigenvalue weighted by Crippen LogP contribution is 2.37. The second-order valence-electron chi connectivity index (χ2n) is 5.97. The predicted molar refractivity (Wildman–Crippen MR) is 88.4 cm³/mol. The van der Waals surface area contributed by atoms with Gasteiger partial charge in [0, 0.05) is 18.0 Å². The average Bonchev–Trinajstić information content (AvgIpc) is 3.27. The third-order valence-corrected chi connectivity index (χ3v) is 4.81. The lowest BCUT2D eigenvalue weighted by atomic mass is 10.1. The van der Waals surface area contributed by atoms with E-state index in [9.17, 15) is 5.11 Å². The van der Waals surface area contributed by atoms with E-state index in [2.05, 4.69) is 4.98 Å². The Morgan fingerprint density at radius 1 is 1.33 bits per heavy atom. The van der Waals surface area contributed by atoms with Crippen LogP contribution < -0.4 is 4.74 Å². The zero-order valence-corrected chi connectivity index (χ0v) is 14.0. The van der Waals surface area contributed by atoms with Crippen molar-refractivity contribution in [2.45, 2.75) is 31.3 Å². The molecule has 0 radical (unpaired) electrons. The van der Waals surface area contributed by atoms with E-state index in [0.717, 1.165) is 11.4 Å². The highest BCUT2D eigenvalue weighted by atomic mass is 35.5. The Balaban J connectivity index is 1.65. The van der Waals surface area contributed by atoms with Crippen LogP contribution in [0.2, 0.25) is 5.02 Å². The Bertz CT molecular complexity index is 735. The molecule has 24 heavy (non-hydrogen) atoms. The van der Waals surface area contributed by atoms with Crippen LogP contribution in [0.1, 0.15) is 13.0 Å². The molecule has 0 amide bonds. The van der Waals surface area contributed by atoms with Crippen LogP contribution in [0, 0.1) is 0 Å². The molecule has 3 heterocycles. The van der Waals surface area contributed by atoms with Crippen molar-refractivity contribution in [3.8, 4) is 17.1 Å². The number of rotatable bonds is 4. The first-order valence-electron chi connectivity index (χ1n) is 8.06. The van der Waals surface area contributed by atoms with Crippen LogP contribution in [0.15, 0.2) is 30.6 Å². The summed E-state index contributed by atoms with van der Waals surface area (Å²) >= 11 is 6.30. The van der Waals surface area contributed by atoms with E-state index >= 15 is 0 Å². The SMILES string of the molecule is CCOc1ccc(-c2nccn2[C@@H]2CO[C@H]3[C@@H]2OC[C@H]3O)cc1Cl. The van der Waals surface area contributed by atoms with Crippen LogP contribution in [-0.2, 0) is 9.47 Å². The van der Waals surface area contributed by atoms with Crippen LogP contribution in [-0.4, -0.2) is 52.8 Å². The predicted octanol–water partition coefficient (Wildman–Crippen LogP) is 2.30. The third kappa shape index (κ3) is 2.59. The highest BCUT2D eigenvalue weighted by molar-refractivity contribution is 6.32. The van der Waals surface area contributed by atoms with Gasteiger partial charge in [-0.15, -0.1) is 0 Å². The van der Waals surface area contributed by atoms with Gasteiger partial charge in [-0.05, 0) is 25.1 Å². The van der Waals surface area contributed by atoms with Crippen LogP contribution in [0.25, 0.3) is 11.4 Å². The molecule has 4 rings (SSSR count). The molecule has 2 aromatic rings. The van der Waals surface area contributed by atoms with Crippen molar-refractivity contribution in [1.29, 1.82) is 0 Å². The van der Waals surface area contributed by atoms with Crippen molar-refractivity contribution in [3.63, 3.8) is 0 Å². The lowest BCUT2D eigenvalue weighted by Crippen LogP contribution is -2.30. The van der Waals surface area contributed by atoms with E-state index in [1.165, 1.54) is 0 Å². The maximum absolute atomic E-state index is 9.91. The first kappa shape index (κ1) is 15.9. The van der Waals surface area contributed by atoms with Gasteiger partial charge in [0.05, 0.1) is 30.9 Å². The zero-order chi connectivity index (χ0) is 16.7. The number of ether oxygens (including phenoxy) is 3. The summed E-state index contributed by atoms with van der Waals surface area (Å²) in [6.45, 7) is 3.28. The van der Waals surface area contributed by atoms with Crippen LogP contribution in [0.3, 0.4) is 0 Å². The summed E-state index contributed by atoms with van der Waals surface area (Å²) in [6, 6.07) is 5.62. The van der Waals surface area contributed by atoms with Gasteiger partial charge in [-0.2, -0.15) is 0 Å². The van der Waals surface area contributed by atoms with Gasteiger partial charge >= 0.3 is 0 Å². The van der Waals surface area contributed by atoms with Gasteiger partial charge in [0.25, 0.3) is 0 Å². The second-order valence-corrected chi connectivity index (χ2v) is 6.37. The molecule has 1 N–H and O–H groups in total. The Morgan fingerprint density at radius 3 is 2.96 bits per heavy atom. The lowest BCUT2D eigenvalue weighted by Gasteiger charge is -2.20. The molecule has 4 atom stereocenters. The number of benzene rings is 1. The summed E-state index contributed by atoms with van der Waals surface area (Å²) in [4.78, 5) is 4.47. The van der Waals surface area contributed by atoms with Crippen molar-refractivity contribution in [2.75, 3.05) is 19.8 Å². The fourth-order valence-electron chi connectivity index (χ4n) is 3.41. The van der Waals surface area contributed by atoms with E-state index in [4.69, 9.17) is 25.8 Å². The van der Waals surface area contributed by atoms with Gasteiger partial charge in [-0.1, -0.05) is 11.6 Å². The van der Waals surface area contributed by atoms with E-state index in [-0.39, 0.29) is 18.2 Å². The molecule has 0 spiro atoms. The summed E-state index contributed by atoms with van der Waals surface area (Å²) in [7, 11) is 0. The van der Waals surface area contributed by atoms with Gasteiger partial charge < -0.3 is 23.9 Å². The number of imidazole rings is 1. The highest BCUT2D eigenvalue weighted by Gasteiger charge is 2.48. The summed E-state index contributed by atoms with van der Waals surface area (Å²) in [5.74, 6) is 1.45. The van der Waals surface area contributed by atoms with E-state index in [1.54, 1.807) is 6.20 Å². The van der Waals surface area contributed by atoms with Crippen LogP contribution in [0.5, 0.6) is 5.75 Å². The van der Waals surface area contributed by atoms with Crippen molar-refractivity contribution >= 4 is 11.6 Å². The standard InChI is InChI=1S/C17H19ClN2O4/c1-2-22-14-4-3-10(7-11(14)18)17-19-5-6-20(17)12-8-23-16-13(21)9-24-15(12)16/h3-7,12-13,15-16,21H,2,8-9H2,1H3/t12-,13-,15-,16-/m1/s1. The molecular weight excluding hydrogens is 332 g/mol. The number of hydrogen-bond donors (Lipinski definition) is 1. The summed E-state index contributed by atoms with van der Waals surface area (Å²) in [6.07, 6.45) is 2.66. The maximum Gasteiger partial charge on any atom is 0.140 e. The molecule has 2 saturated heterocycles. The van der Waals surface area contributed by atoms with Gasteiger partial charge in [0.1, 0.15) is 29.9 Å². The first-order valence-corrected chi connectivity index (χ1v) is 8.43. The molecule has 0 aliphatic carbocycles. The lowest BCUT2D eigenvalue weighted by molar-refractivity contribution is 0.0172. The maximum atomic E-state index is 9.91. The quantitative estimate of drug-likeness (QED) is 0.916. The first-order chi connectivity index (χ1) is 11.7. The minimum atomic E-state index is -0.563. The molecule has 0 saturated carbocycles. The molecule has 1 aromatic heterocycles. The second kappa shape index (κ2) is 6.37. The monoisotopic (exact) mass is 350 g/mol. The van der Waals surface area contributed by atoms with Crippen molar-refractivity contribution < 1.29 is 19.3 Å². The number of halogens is 1. The van der Waals surface area contributed by atoms with Crippen LogP contribution >= 0.6 is 11.6 Å². The number of nitrogens with zero attached hydrogens (tertiary/aromatic N) is 2. The van der Waals surface area contributed by atoms with E-state index in [1.807, 2.05) is 35.9 Å². The summed E-state index contributed by atoms with van der Waals surface area (Å²) < 4.78 is 19.0. The van der Waals surface area contributed by atoms with Gasteiger partial charge in [0.15, 0.2) is 0 Å². The number of aromatic nitrogens is 2. The Morgan fingerprint density at radius 2 is 2.17 bits per heavy atom. The van der Waals surface area contributed by atoms with E-state index < -0.39 is 6.10 Å². The number of aliphatic hydroxyl groups is 1. The fourth-order valence-corrected chi connectivity index (χ4v) is 3.65. The molecule has 0 bridgehead atoms. The smallest absolute Gasteiger partial charge is 0.140 e. The molecule has 2 fully saturated rings. The average molecular weight is 351 g/mol. The Labute approximate surface area is 144 Å². The number of fused-ring (bicyclic) bond motifs is 1. The summed E-state index contributed by atoms with van der Waals surface area (Å²) in [5.41, 5.74) is 0.899. The third-order valence-electron chi connectivity index (χ3n) is 4.52. The molecular formula is C17H19ClN2O4. The van der Waals surface area contributed by atoms with Crippen molar-refractivity contribution in [2.24, 2.45) is 0 Å².